The van der Waals surface area contributed by atoms with Crippen LogP contribution in [-0.4, -0.2) is 35.2 Å². The smallest absolute Gasteiger partial charge is 0.303 e. The number of phenols is 1. The van der Waals surface area contributed by atoms with Crippen LogP contribution in [-0.2, 0) is 11.2 Å². The molecule has 2 N–H and O–H groups in total. The Hall–Kier alpha value is -2.50. The summed E-state index contributed by atoms with van der Waals surface area (Å²) in [5, 5.41) is 20.6. The Morgan fingerprint density at radius 1 is 1.31 bits per heavy atom. The fraction of sp³-hybridized carbons (Fsp3) is 0.565. The van der Waals surface area contributed by atoms with Crippen molar-refractivity contribution >= 4 is 11.8 Å². The van der Waals surface area contributed by atoms with Crippen molar-refractivity contribution < 1.29 is 29.3 Å². The third kappa shape index (κ3) is 4.57. The summed E-state index contributed by atoms with van der Waals surface area (Å²) in [4.78, 5) is 24.6. The first-order valence-electron chi connectivity index (χ1n) is 10.2. The van der Waals surface area contributed by atoms with E-state index in [0.29, 0.717) is 35.5 Å². The van der Waals surface area contributed by atoms with Crippen molar-refractivity contribution in [1.82, 2.24) is 0 Å². The van der Waals surface area contributed by atoms with E-state index in [1.54, 1.807) is 6.92 Å². The maximum atomic E-state index is 13.1. The van der Waals surface area contributed by atoms with Crippen molar-refractivity contribution in [3.63, 3.8) is 0 Å². The Bertz CT molecular complexity index is 819. The van der Waals surface area contributed by atoms with Crippen LogP contribution in [0.4, 0.5) is 0 Å². The van der Waals surface area contributed by atoms with Crippen LogP contribution >= 0.6 is 0 Å². The van der Waals surface area contributed by atoms with Gasteiger partial charge in [-0.1, -0.05) is 31.9 Å². The minimum atomic E-state index is -0.960. The van der Waals surface area contributed by atoms with Gasteiger partial charge in [-0.2, -0.15) is 0 Å². The molecule has 3 atom stereocenters. The quantitative estimate of drug-likeness (QED) is 0.601. The summed E-state index contributed by atoms with van der Waals surface area (Å²) in [7, 11) is 1.50. The van der Waals surface area contributed by atoms with Gasteiger partial charge in [0, 0.05) is 17.0 Å². The van der Waals surface area contributed by atoms with Crippen molar-refractivity contribution in [3.8, 4) is 17.2 Å². The molecule has 0 aliphatic carbocycles. The number of carboxylic acid groups (broad SMARTS) is 1. The number of hydrogen-bond donors (Lipinski definition) is 2. The van der Waals surface area contributed by atoms with Crippen LogP contribution in [0.2, 0.25) is 0 Å². The largest absolute Gasteiger partial charge is 0.507 e. The molecule has 0 spiro atoms. The third-order valence-electron chi connectivity index (χ3n) is 5.56. The number of ketones is 1. The van der Waals surface area contributed by atoms with Crippen LogP contribution in [0.25, 0.3) is 0 Å². The van der Waals surface area contributed by atoms with Crippen LogP contribution in [0.5, 0.6) is 17.2 Å². The molecule has 6 heteroatoms. The average molecular weight is 405 g/mol. The molecule has 1 aliphatic heterocycles. The number of ether oxygens (including phenoxy) is 2. The average Bonchev–Trinajstić information content (AvgIpc) is 2.63. The Labute approximate surface area is 172 Å². The van der Waals surface area contributed by atoms with E-state index in [2.05, 4.69) is 0 Å². The maximum absolute atomic E-state index is 13.1. The van der Waals surface area contributed by atoms with Crippen LogP contribution in [0.3, 0.4) is 0 Å². The predicted molar refractivity (Wildman–Crippen MR) is 111 cm³/mol. The van der Waals surface area contributed by atoms with Crippen molar-refractivity contribution in [2.45, 2.75) is 72.3 Å². The summed E-state index contributed by atoms with van der Waals surface area (Å²) in [6.07, 6.45) is 3.26. The monoisotopic (exact) mass is 404 g/mol. The van der Waals surface area contributed by atoms with Gasteiger partial charge < -0.3 is 19.7 Å². The lowest BCUT2D eigenvalue weighted by molar-refractivity contribution is -0.137. The zero-order valence-corrected chi connectivity index (χ0v) is 18.2. The number of rotatable bonds is 8. The predicted octanol–water partition coefficient (Wildman–Crippen LogP) is 4.87. The molecule has 1 unspecified atom stereocenters. The van der Waals surface area contributed by atoms with E-state index >= 15 is 0 Å². The second-order valence-corrected chi connectivity index (χ2v) is 8.02. The molecule has 0 fully saturated rings. The first kappa shape index (κ1) is 22.8. The summed E-state index contributed by atoms with van der Waals surface area (Å²) in [5.41, 5.74) is 2.31. The minimum absolute atomic E-state index is 0.148. The van der Waals surface area contributed by atoms with Crippen LogP contribution in [0, 0.1) is 5.92 Å². The lowest BCUT2D eigenvalue weighted by Gasteiger charge is -2.33. The first-order valence-corrected chi connectivity index (χ1v) is 10.2. The number of phenolic OH excluding ortho intramolecular Hbond substituents is 1. The molecule has 0 saturated heterocycles. The summed E-state index contributed by atoms with van der Waals surface area (Å²) in [6, 6.07) is 0. The van der Waals surface area contributed by atoms with Gasteiger partial charge in [0.2, 0.25) is 0 Å². The lowest BCUT2D eigenvalue weighted by Crippen LogP contribution is -2.34. The van der Waals surface area contributed by atoms with Gasteiger partial charge in [0.25, 0.3) is 0 Å². The SMILES string of the molecule is CCCC(CC(=O)O)c1c(O)c2c(c(CC=C(C)C)c1OC)O[C@H](C)[C@@H](C)C2=O. The molecule has 0 saturated carbocycles. The van der Waals surface area contributed by atoms with Crippen LogP contribution < -0.4 is 9.47 Å². The van der Waals surface area contributed by atoms with E-state index in [1.807, 2.05) is 33.8 Å². The molecular weight excluding hydrogens is 372 g/mol. The Kier molecular flexibility index (Phi) is 7.33. The van der Waals surface area contributed by atoms with Gasteiger partial charge in [0.1, 0.15) is 28.9 Å². The molecule has 0 bridgehead atoms. The molecule has 6 nitrogen and oxygen atoms in total. The second kappa shape index (κ2) is 9.33. The summed E-state index contributed by atoms with van der Waals surface area (Å²) < 4.78 is 11.8. The molecule has 2 rings (SSSR count). The molecule has 1 aromatic carbocycles. The third-order valence-corrected chi connectivity index (χ3v) is 5.56. The molecule has 0 radical (unpaired) electrons. The summed E-state index contributed by atoms with van der Waals surface area (Å²) >= 11 is 0. The Balaban J connectivity index is 2.86. The minimum Gasteiger partial charge on any atom is -0.507 e. The first-order chi connectivity index (χ1) is 13.6. The molecule has 0 aromatic heterocycles. The van der Waals surface area contributed by atoms with E-state index in [1.165, 1.54) is 7.11 Å². The Morgan fingerprint density at radius 2 is 1.97 bits per heavy atom. The Morgan fingerprint density at radius 3 is 2.48 bits per heavy atom. The summed E-state index contributed by atoms with van der Waals surface area (Å²) in [5.74, 6) is -1.47. The number of aliphatic carboxylic acids is 1. The highest BCUT2D eigenvalue weighted by molar-refractivity contribution is 6.05. The number of Topliss-reactive ketones (excluding diaryl/α,β-unsaturated/α-hetero) is 1. The molecule has 1 aliphatic rings. The topological polar surface area (TPSA) is 93.1 Å². The van der Waals surface area contributed by atoms with Gasteiger partial charge in [-0.25, -0.2) is 0 Å². The maximum Gasteiger partial charge on any atom is 0.303 e. The zero-order valence-electron chi connectivity index (χ0n) is 18.2. The fourth-order valence-corrected chi connectivity index (χ4v) is 3.86. The van der Waals surface area contributed by atoms with E-state index < -0.39 is 17.8 Å². The van der Waals surface area contributed by atoms with E-state index in [9.17, 15) is 19.8 Å². The number of aromatic hydroxyl groups is 1. The highest BCUT2D eigenvalue weighted by atomic mass is 16.5. The van der Waals surface area contributed by atoms with Crippen molar-refractivity contribution in [2.24, 2.45) is 5.92 Å². The standard InChI is InChI=1S/C23H32O6/c1-7-8-15(11-17(24)25)18-21(27)19-20(26)13(4)14(5)29-23(19)16(22(18)28-6)10-9-12(2)3/h9,13-15,27H,7-8,10-11H2,1-6H3,(H,24,25)/t13-,14-,15?/m1/s1. The van der Waals surface area contributed by atoms with Gasteiger partial charge >= 0.3 is 5.97 Å². The molecule has 160 valence electrons. The fourth-order valence-electron chi connectivity index (χ4n) is 3.86. The number of fused-ring (bicyclic) bond motifs is 1. The van der Waals surface area contributed by atoms with Gasteiger partial charge in [-0.3, -0.25) is 9.59 Å². The number of carboxylic acids is 1. The van der Waals surface area contributed by atoms with Gasteiger partial charge in [0.15, 0.2) is 5.78 Å². The number of hydrogen-bond acceptors (Lipinski definition) is 5. The second-order valence-electron chi connectivity index (χ2n) is 8.02. The number of methoxy groups -OCH3 is 1. The van der Waals surface area contributed by atoms with Crippen LogP contribution in [0.15, 0.2) is 11.6 Å². The number of allylic oxidation sites excluding steroid dienone is 2. The van der Waals surface area contributed by atoms with E-state index in [0.717, 1.165) is 12.0 Å². The van der Waals surface area contributed by atoms with Crippen LogP contribution in [0.1, 0.15) is 81.3 Å². The molecule has 0 amide bonds. The lowest BCUT2D eigenvalue weighted by atomic mass is 9.81. The molecule has 1 heterocycles. The number of carbonyl (C=O) groups is 2. The van der Waals surface area contributed by atoms with Gasteiger partial charge in [0.05, 0.1) is 19.4 Å². The number of carbonyl (C=O) groups excluding carboxylic acids is 1. The normalized spacial score (nSPS) is 19.2. The van der Waals surface area contributed by atoms with E-state index in [4.69, 9.17) is 9.47 Å². The zero-order chi connectivity index (χ0) is 21.9. The molecular formula is C23H32O6. The van der Waals surface area contributed by atoms with Crippen molar-refractivity contribution in [2.75, 3.05) is 7.11 Å². The van der Waals surface area contributed by atoms with Gasteiger partial charge in [-0.05, 0) is 33.6 Å². The highest BCUT2D eigenvalue weighted by Gasteiger charge is 2.39. The van der Waals surface area contributed by atoms with Crippen molar-refractivity contribution in [3.05, 3.63) is 28.3 Å². The van der Waals surface area contributed by atoms with Gasteiger partial charge in [-0.15, -0.1) is 0 Å². The highest BCUT2D eigenvalue weighted by Crippen LogP contribution is 2.51. The summed E-state index contributed by atoms with van der Waals surface area (Å²) in [6.45, 7) is 9.51. The van der Waals surface area contributed by atoms with E-state index in [-0.39, 0.29) is 29.6 Å². The van der Waals surface area contributed by atoms with Crippen molar-refractivity contribution in [1.29, 1.82) is 0 Å². The molecule has 1 aromatic rings. The molecule has 29 heavy (non-hydrogen) atoms. The number of benzene rings is 1.